The second kappa shape index (κ2) is 9.60. The second-order valence-corrected chi connectivity index (χ2v) is 8.69. The van der Waals surface area contributed by atoms with E-state index < -0.39 is 6.04 Å². The van der Waals surface area contributed by atoms with Gasteiger partial charge in [-0.25, -0.2) is 0 Å². The second-order valence-electron chi connectivity index (χ2n) is 8.26. The van der Waals surface area contributed by atoms with Crippen LogP contribution >= 0.6 is 11.6 Å². The van der Waals surface area contributed by atoms with Crippen LogP contribution in [-0.2, 0) is 11.4 Å². The number of amides is 1. The van der Waals surface area contributed by atoms with Crippen molar-refractivity contribution in [3.63, 3.8) is 0 Å². The van der Waals surface area contributed by atoms with Gasteiger partial charge in [-0.15, -0.1) is 0 Å². The number of hydrogen-bond acceptors (Lipinski definition) is 6. The third-order valence-corrected chi connectivity index (χ3v) is 6.16. The van der Waals surface area contributed by atoms with E-state index in [9.17, 15) is 4.79 Å². The number of tetrazole rings is 1. The number of fused-ring (bicyclic) bond motifs is 1. The quantitative estimate of drug-likeness (QED) is 0.392. The third kappa shape index (κ3) is 4.74. The van der Waals surface area contributed by atoms with E-state index in [1.54, 1.807) is 28.9 Å². The van der Waals surface area contributed by atoms with Crippen molar-refractivity contribution < 1.29 is 9.53 Å². The number of allylic oxidation sites excluding steroid dienone is 1. The van der Waals surface area contributed by atoms with Crippen LogP contribution < -0.4 is 15.4 Å². The maximum Gasteiger partial charge on any atom is 0.255 e. The van der Waals surface area contributed by atoms with Crippen molar-refractivity contribution in [2.45, 2.75) is 26.5 Å². The molecule has 2 heterocycles. The average molecular weight is 487 g/mol. The number of rotatable bonds is 6. The van der Waals surface area contributed by atoms with Gasteiger partial charge in [0.25, 0.3) is 5.91 Å². The number of carbonyl (C=O) groups excluding carboxylic acids is 1. The summed E-state index contributed by atoms with van der Waals surface area (Å²) in [7, 11) is 0. The van der Waals surface area contributed by atoms with E-state index >= 15 is 0 Å². The van der Waals surface area contributed by atoms with E-state index in [1.165, 1.54) is 5.56 Å². The minimum atomic E-state index is -0.515. The van der Waals surface area contributed by atoms with Crippen molar-refractivity contribution in [1.82, 2.24) is 20.2 Å². The standard InChI is InChI=1S/C26H23ClN6O2/c1-16-5-3-4-6-19(16)15-35-22-13-7-18(8-14-22)24-23(17(2)28-26-30-31-32-33(24)26)25(34)29-21-11-9-20(27)10-12-21/h3-14,24H,15H2,1-2H3,(H,29,34)(H,28,30,32)/t24-/m0/s1. The molecule has 8 nitrogen and oxygen atoms in total. The van der Waals surface area contributed by atoms with Gasteiger partial charge in [-0.05, 0) is 77.4 Å². The number of nitrogens with one attached hydrogen (secondary N) is 2. The maximum absolute atomic E-state index is 13.4. The molecule has 9 heteroatoms. The number of hydrogen-bond donors (Lipinski definition) is 2. The molecule has 0 saturated carbocycles. The normalized spacial score (nSPS) is 14.8. The summed E-state index contributed by atoms with van der Waals surface area (Å²) in [6.45, 7) is 4.37. The Kier molecular flexibility index (Phi) is 6.20. The molecule has 35 heavy (non-hydrogen) atoms. The minimum absolute atomic E-state index is 0.261. The zero-order chi connectivity index (χ0) is 24.4. The molecule has 0 saturated heterocycles. The van der Waals surface area contributed by atoms with Crippen LogP contribution in [0.25, 0.3) is 0 Å². The van der Waals surface area contributed by atoms with Crippen LogP contribution in [0.5, 0.6) is 5.75 Å². The smallest absolute Gasteiger partial charge is 0.255 e. The van der Waals surface area contributed by atoms with Crippen molar-refractivity contribution >= 4 is 29.1 Å². The molecule has 1 aliphatic heterocycles. The van der Waals surface area contributed by atoms with Gasteiger partial charge < -0.3 is 15.4 Å². The predicted molar refractivity (Wildman–Crippen MR) is 134 cm³/mol. The van der Waals surface area contributed by atoms with E-state index in [0.29, 0.717) is 34.5 Å². The zero-order valence-corrected chi connectivity index (χ0v) is 20.0. The molecule has 0 spiro atoms. The molecule has 1 atom stereocenters. The van der Waals surface area contributed by atoms with Crippen LogP contribution in [0, 0.1) is 6.92 Å². The maximum atomic E-state index is 13.4. The number of anilines is 2. The van der Waals surface area contributed by atoms with Crippen molar-refractivity contribution in [2.24, 2.45) is 0 Å². The SMILES string of the molecule is CC1=C(C(=O)Nc2ccc(Cl)cc2)[C@H](c2ccc(OCc3ccccc3C)cc2)n2nnnc2N1. The van der Waals surface area contributed by atoms with Crippen LogP contribution in [-0.4, -0.2) is 26.1 Å². The average Bonchev–Trinajstić information content (AvgIpc) is 3.32. The van der Waals surface area contributed by atoms with Crippen molar-refractivity contribution in [2.75, 3.05) is 10.6 Å². The van der Waals surface area contributed by atoms with Gasteiger partial charge in [0.1, 0.15) is 18.4 Å². The number of ether oxygens (including phenoxy) is 1. The van der Waals surface area contributed by atoms with Crippen LogP contribution in [0.4, 0.5) is 11.6 Å². The number of nitrogens with zero attached hydrogens (tertiary/aromatic N) is 4. The molecular weight excluding hydrogens is 464 g/mol. The summed E-state index contributed by atoms with van der Waals surface area (Å²) in [5.74, 6) is 0.939. The molecule has 0 radical (unpaired) electrons. The third-order valence-electron chi connectivity index (χ3n) is 5.91. The molecule has 0 bridgehead atoms. The Morgan fingerprint density at radius 3 is 2.54 bits per heavy atom. The first-order valence-electron chi connectivity index (χ1n) is 11.1. The lowest BCUT2D eigenvalue weighted by Gasteiger charge is -2.28. The molecule has 0 fully saturated rings. The van der Waals surface area contributed by atoms with E-state index in [2.05, 4.69) is 45.2 Å². The summed E-state index contributed by atoms with van der Waals surface area (Å²) >= 11 is 5.98. The summed E-state index contributed by atoms with van der Waals surface area (Å²) in [4.78, 5) is 13.4. The summed E-state index contributed by atoms with van der Waals surface area (Å²) in [5, 5.41) is 18.6. The minimum Gasteiger partial charge on any atom is -0.489 e. The number of benzene rings is 3. The van der Waals surface area contributed by atoms with Gasteiger partial charge in [-0.1, -0.05) is 53.1 Å². The van der Waals surface area contributed by atoms with Crippen LogP contribution in [0.2, 0.25) is 5.02 Å². The monoisotopic (exact) mass is 486 g/mol. The molecule has 1 aromatic heterocycles. The Bertz CT molecular complexity index is 1400. The number of carbonyl (C=O) groups is 1. The first kappa shape index (κ1) is 22.6. The van der Waals surface area contributed by atoms with Crippen molar-refractivity contribution in [3.05, 3.63) is 106 Å². The molecule has 176 valence electrons. The van der Waals surface area contributed by atoms with Crippen molar-refractivity contribution in [1.29, 1.82) is 0 Å². The summed E-state index contributed by atoms with van der Waals surface area (Å²) in [5.41, 5.74) is 4.98. The van der Waals surface area contributed by atoms with Gasteiger partial charge in [-0.3, -0.25) is 4.79 Å². The molecule has 3 aromatic carbocycles. The topological polar surface area (TPSA) is 94.0 Å². The van der Waals surface area contributed by atoms with Crippen LogP contribution in [0.1, 0.15) is 29.7 Å². The molecule has 1 amide bonds. The van der Waals surface area contributed by atoms with Gasteiger partial charge in [0, 0.05) is 16.4 Å². The molecule has 4 aromatic rings. The molecule has 5 rings (SSSR count). The Morgan fingerprint density at radius 1 is 1.06 bits per heavy atom. The molecule has 0 unspecified atom stereocenters. The molecule has 1 aliphatic rings. The zero-order valence-electron chi connectivity index (χ0n) is 19.2. The molecular formula is C26H23ClN6O2. The first-order chi connectivity index (χ1) is 17.0. The summed E-state index contributed by atoms with van der Waals surface area (Å²) in [6.07, 6.45) is 0. The highest BCUT2D eigenvalue weighted by Gasteiger charge is 2.34. The summed E-state index contributed by atoms with van der Waals surface area (Å²) in [6, 6.07) is 22.2. The number of halogens is 1. The Balaban J connectivity index is 1.41. The van der Waals surface area contributed by atoms with E-state index in [0.717, 1.165) is 16.9 Å². The Hall–Kier alpha value is -4.17. The van der Waals surface area contributed by atoms with Gasteiger partial charge >= 0.3 is 0 Å². The lowest BCUT2D eigenvalue weighted by Crippen LogP contribution is -2.31. The fraction of sp³-hybridized carbons (Fsp3) is 0.154. The first-order valence-corrected chi connectivity index (χ1v) is 11.5. The van der Waals surface area contributed by atoms with Gasteiger partial charge in [0.2, 0.25) is 5.95 Å². The van der Waals surface area contributed by atoms with E-state index in [1.807, 2.05) is 43.3 Å². The van der Waals surface area contributed by atoms with Crippen molar-refractivity contribution in [3.8, 4) is 5.75 Å². The highest BCUT2D eigenvalue weighted by molar-refractivity contribution is 6.30. The fourth-order valence-corrected chi connectivity index (χ4v) is 4.15. The number of aryl methyl sites for hydroxylation is 1. The lowest BCUT2D eigenvalue weighted by atomic mass is 9.95. The lowest BCUT2D eigenvalue weighted by molar-refractivity contribution is -0.113. The largest absolute Gasteiger partial charge is 0.489 e. The Morgan fingerprint density at radius 2 is 1.80 bits per heavy atom. The van der Waals surface area contributed by atoms with Crippen LogP contribution in [0.3, 0.4) is 0 Å². The van der Waals surface area contributed by atoms with Gasteiger partial charge in [-0.2, -0.15) is 4.68 Å². The van der Waals surface area contributed by atoms with E-state index in [-0.39, 0.29) is 5.91 Å². The fourth-order valence-electron chi connectivity index (χ4n) is 4.03. The van der Waals surface area contributed by atoms with Crippen LogP contribution in [0.15, 0.2) is 84.1 Å². The van der Waals surface area contributed by atoms with E-state index in [4.69, 9.17) is 16.3 Å². The Labute approximate surface area is 207 Å². The highest BCUT2D eigenvalue weighted by atomic mass is 35.5. The van der Waals surface area contributed by atoms with Gasteiger partial charge in [0.05, 0.1) is 5.57 Å². The molecule has 0 aliphatic carbocycles. The molecule has 2 N–H and O–H groups in total. The number of aromatic nitrogens is 4. The summed E-state index contributed by atoms with van der Waals surface area (Å²) < 4.78 is 7.60. The van der Waals surface area contributed by atoms with Gasteiger partial charge in [0.15, 0.2) is 0 Å². The predicted octanol–water partition coefficient (Wildman–Crippen LogP) is 5.14. The highest BCUT2D eigenvalue weighted by Crippen LogP contribution is 2.35.